The van der Waals surface area contributed by atoms with Crippen LogP contribution in [0.4, 0.5) is 0 Å². The van der Waals surface area contributed by atoms with E-state index in [0.717, 1.165) is 12.6 Å². The zero-order chi connectivity index (χ0) is 10.1. The van der Waals surface area contributed by atoms with Crippen LogP contribution in [0.5, 0.6) is 0 Å². The van der Waals surface area contributed by atoms with Gasteiger partial charge in [0.25, 0.3) is 0 Å². The summed E-state index contributed by atoms with van der Waals surface area (Å²) < 4.78 is 5.00. The lowest BCUT2D eigenvalue weighted by atomic mass is 10.3. The molecule has 0 bridgehead atoms. The van der Waals surface area contributed by atoms with Crippen LogP contribution in [-0.4, -0.2) is 37.8 Å². The Kier molecular flexibility index (Phi) is 7.55. The van der Waals surface area contributed by atoms with Crippen molar-refractivity contribution in [1.82, 2.24) is 5.32 Å². The fourth-order valence-electron chi connectivity index (χ4n) is 1.33. The highest BCUT2D eigenvalue weighted by Gasteiger charge is 2.19. The molecular formula is C11H23NOS. The van der Waals surface area contributed by atoms with E-state index in [4.69, 9.17) is 4.74 Å². The predicted octanol–water partition coefficient (Wildman–Crippen LogP) is 2.29. The molecule has 0 amide bonds. The number of thioether (sulfide) groups is 1. The highest BCUT2D eigenvalue weighted by molar-refractivity contribution is 7.99. The first-order chi connectivity index (χ1) is 6.93. The lowest BCUT2D eigenvalue weighted by molar-refractivity contribution is 0.200. The van der Waals surface area contributed by atoms with Gasteiger partial charge in [0.15, 0.2) is 0 Å². The standard InChI is InChI=1S/C11H23NOS/c1-13-8-4-10-14-9-3-2-7-12-11-5-6-11/h11-12H,2-10H2,1H3. The zero-order valence-corrected chi connectivity index (χ0v) is 10.1. The van der Waals surface area contributed by atoms with Crippen LogP contribution >= 0.6 is 11.8 Å². The number of ether oxygens (including phenoxy) is 1. The van der Waals surface area contributed by atoms with Crippen LogP contribution in [0.25, 0.3) is 0 Å². The fourth-order valence-corrected chi connectivity index (χ4v) is 2.26. The second-order valence-electron chi connectivity index (χ2n) is 3.89. The van der Waals surface area contributed by atoms with Gasteiger partial charge >= 0.3 is 0 Å². The summed E-state index contributed by atoms with van der Waals surface area (Å²) in [5.74, 6) is 2.57. The Labute approximate surface area is 92.2 Å². The Morgan fingerprint density at radius 3 is 2.71 bits per heavy atom. The zero-order valence-electron chi connectivity index (χ0n) is 9.26. The molecule has 0 atom stereocenters. The summed E-state index contributed by atoms with van der Waals surface area (Å²) >= 11 is 2.06. The monoisotopic (exact) mass is 217 g/mol. The number of hydrogen-bond donors (Lipinski definition) is 1. The molecule has 0 aromatic heterocycles. The van der Waals surface area contributed by atoms with Gasteiger partial charge < -0.3 is 10.1 Å². The Bertz CT molecular complexity index is 128. The van der Waals surface area contributed by atoms with Crippen molar-refractivity contribution in [3.63, 3.8) is 0 Å². The van der Waals surface area contributed by atoms with Crippen molar-refractivity contribution in [2.45, 2.75) is 38.1 Å². The number of rotatable bonds is 10. The molecular weight excluding hydrogens is 194 g/mol. The normalized spacial score (nSPS) is 16.1. The Morgan fingerprint density at radius 1 is 1.21 bits per heavy atom. The van der Waals surface area contributed by atoms with Crippen molar-refractivity contribution in [3.8, 4) is 0 Å². The van der Waals surface area contributed by atoms with Crippen molar-refractivity contribution in [3.05, 3.63) is 0 Å². The highest BCUT2D eigenvalue weighted by Crippen LogP contribution is 2.18. The van der Waals surface area contributed by atoms with Crippen LogP contribution in [0.1, 0.15) is 32.1 Å². The molecule has 1 aliphatic carbocycles. The minimum Gasteiger partial charge on any atom is -0.385 e. The molecule has 0 spiro atoms. The lowest BCUT2D eigenvalue weighted by Crippen LogP contribution is -2.17. The summed E-state index contributed by atoms with van der Waals surface area (Å²) in [6.45, 7) is 2.14. The molecule has 0 unspecified atom stereocenters. The second kappa shape index (κ2) is 8.57. The van der Waals surface area contributed by atoms with Gasteiger partial charge in [-0.1, -0.05) is 0 Å². The van der Waals surface area contributed by atoms with E-state index in [0.29, 0.717) is 0 Å². The first-order valence-corrected chi connectivity index (χ1v) is 6.89. The van der Waals surface area contributed by atoms with Gasteiger partial charge in [-0.25, -0.2) is 0 Å². The van der Waals surface area contributed by atoms with E-state index in [1.807, 2.05) is 0 Å². The van der Waals surface area contributed by atoms with Gasteiger partial charge in [-0.05, 0) is 50.2 Å². The molecule has 1 N–H and O–H groups in total. The summed E-state index contributed by atoms with van der Waals surface area (Å²) in [5.41, 5.74) is 0. The van der Waals surface area contributed by atoms with E-state index in [2.05, 4.69) is 17.1 Å². The van der Waals surface area contributed by atoms with Crippen molar-refractivity contribution in [2.75, 3.05) is 31.8 Å². The van der Waals surface area contributed by atoms with Gasteiger partial charge in [0, 0.05) is 19.8 Å². The van der Waals surface area contributed by atoms with Crippen LogP contribution in [0.3, 0.4) is 0 Å². The van der Waals surface area contributed by atoms with Gasteiger partial charge in [-0.15, -0.1) is 0 Å². The van der Waals surface area contributed by atoms with Gasteiger partial charge in [0.05, 0.1) is 0 Å². The van der Waals surface area contributed by atoms with Crippen LogP contribution in [-0.2, 0) is 4.74 Å². The minimum atomic E-state index is 0.879. The van der Waals surface area contributed by atoms with E-state index < -0.39 is 0 Å². The molecule has 2 nitrogen and oxygen atoms in total. The fraction of sp³-hybridized carbons (Fsp3) is 1.00. The largest absolute Gasteiger partial charge is 0.385 e. The topological polar surface area (TPSA) is 21.3 Å². The molecule has 3 heteroatoms. The van der Waals surface area contributed by atoms with Crippen LogP contribution in [0.15, 0.2) is 0 Å². The van der Waals surface area contributed by atoms with Crippen LogP contribution in [0.2, 0.25) is 0 Å². The third-order valence-corrected chi connectivity index (χ3v) is 3.52. The van der Waals surface area contributed by atoms with Crippen molar-refractivity contribution in [2.24, 2.45) is 0 Å². The van der Waals surface area contributed by atoms with Gasteiger partial charge in [0.2, 0.25) is 0 Å². The third kappa shape index (κ3) is 7.65. The lowest BCUT2D eigenvalue weighted by Gasteiger charge is -2.03. The van der Waals surface area contributed by atoms with E-state index in [1.54, 1.807) is 7.11 Å². The molecule has 1 saturated carbocycles. The minimum absolute atomic E-state index is 0.879. The van der Waals surface area contributed by atoms with Gasteiger partial charge in [-0.3, -0.25) is 0 Å². The maximum Gasteiger partial charge on any atom is 0.0470 e. The molecule has 0 saturated heterocycles. The molecule has 0 aliphatic heterocycles. The molecule has 1 aliphatic rings. The first kappa shape index (κ1) is 12.3. The predicted molar refractivity (Wildman–Crippen MR) is 64.1 cm³/mol. The third-order valence-electron chi connectivity index (χ3n) is 2.36. The second-order valence-corrected chi connectivity index (χ2v) is 5.12. The molecule has 1 fully saturated rings. The van der Waals surface area contributed by atoms with Crippen LogP contribution in [0, 0.1) is 0 Å². The number of hydrogen-bond acceptors (Lipinski definition) is 3. The van der Waals surface area contributed by atoms with Crippen molar-refractivity contribution in [1.29, 1.82) is 0 Å². The quantitative estimate of drug-likeness (QED) is 0.567. The van der Waals surface area contributed by atoms with E-state index in [-0.39, 0.29) is 0 Å². The highest BCUT2D eigenvalue weighted by atomic mass is 32.2. The smallest absolute Gasteiger partial charge is 0.0470 e. The molecule has 14 heavy (non-hydrogen) atoms. The number of unbranched alkanes of at least 4 members (excludes halogenated alkanes) is 1. The summed E-state index contributed by atoms with van der Waals surface area (Å²) in [4.78, 5) is 0. The molecule has 1 rings (SSSR count). The van der Waals surface area contributed by atoms with E-state index >= 15 is 0 Å². The maximum absolute atomic E-state index is 5.00. The van der Waals surface area contributed by atoms with E-state index in [1.165, 1.54) is 50.2 Å². The number of nitrogens with one attached hydrogen (secondary N) is 1. The van der Waals surface area contributed by atoms with Crippen molar-refractivity contribution < 1.29 is 4.74 Å². The summed E-state index contributed by atoms with van der Waals surface area (Å²) in [6.07, 6.45) is 6.71. The molecule has 0 heterocycles. The molecule has 0 aromatic carbocycles. The summed E-state index contributed by atoms with van der Waals surface area (Å²) in [5, 5.41) is 3.54. The Morgan fingerprint density at radius 2 is 2.00 bits per heavy atom. The SMILES string of the molecule is COCCCSCCCCNC1CC1. The van der Waals surface area contributed by atoms with Crippen LogP contribution < -0.4 is 5.32 Å². The summed E-state index contributed by atoms with van der Waals surface area (Å²) in [6, 6.07) is 0.879. The van der Waals surface area contributed by atoms with Crippen molar-refractivity contribution >= 4 is 11.8 Å². The van der Waals surface area contributed by atoms with Gasteiger partial charge in [0.1, 0.15) is 0 Å². The Balaban J connectivity index is 1.63. The average Bonchev–Trinajstić information content (AvgIpc) is 2.99. The van der Waals surface area contributed by atoms with Gasteiger partial charge in [-0.2, -0.15) is 11.8 Å². The Hall–Kier alpha value is 0.270. The first-order valence-electron chi connectivity index (χ1n) is 5.73. The van der Waals surface area contributed by atoms with E-state index in [9.17, 15) is 0 Å². The summed E-state index contributed by atoms with van der Waals surface area (Å²) in [7, 11) is 1.77. The average molecular weight is 217 g/mol. The maximum atomic E-state index is 5.00. The molecule has 0 radical (unpaired) electrons. The molecule has 0 aromatic rings. The number of methoxy groups -OCH3 is 1. The molecule has 84 valence electrons.